The molecule has 2 aromatic heterocycles. The number of aromatic nitrogens is 2. The fourth-order valence-electron chi connectivity index (χ4n) is 2.08. The minimum absolute atomic E-state index is 0.0679. The first kappa shape index (κ1) is 9.66. The third-order valence-electron chi connectivity index (χ3n) is 2.77. The van der Waals surface area contributed by atoms with Crippen LogP contribution in [-0.2, 0) is 0 Å². The van der Waals surface area contributed by atoms with Crippen molar-refractivity contribution in [2.45, 2.75) is 6.92 Å². The lowest BCUT2D eigenvalue weighted by atomic mass is 10.2. The second-order valence-corrected chi connectivity index (χ2v) is 4.69. The van der Waals surface area contributed by atoms with Crippen LogP contribution in [0.1, 0.15) is 5.69 Å². The van der Waals surface area contributed by atoms with Gasteiger partial charge in [-0.1, -0.05) is 22.0 Å². The number of nitrogens with one attached hydrogen (secondary N) is 2. The van der Waals surface area contributed by atoms with E-state index in [1.807, 2.05) is 25.1 Å². The van der Waals surface area contributed by atoms with E-state index >= 15 is 0 Å². The molecule has 0 saturated carbocycles. The molecule has 0 bridgehead atoms. The highest BCUT2D eigenvalue weighted by Crippen LogP contribution is 2.31. The number of aryl methyl sites for hydroxylation is 1. The summed E-state index contributed by atoms with van der Waals surface area (Å²) in [6.45, 7) is 1.90. The van der Waals surface area contributed by atoms with E-state index in [-0.39, 0.29) is 5.56 Å². The maximum atomic E-state index is 11.5. The average Bonchev–Trinajstić information content (AvgIpc) is 2.58. The Balaban J connectivity index is 2.68. The van der Waals surface area contributed by atoms with Crippen LogP contribution in [0.4, 0.5) is 0 Å². The molecule has 3 rings (SSSR count). The molecule has 2 N–H and O–H groups in total. The van der Waals surface area contributed by atoms with Gasteiger partial charge in [0.15, 0.2) is 0 Å². The number of pyridine rings is 1. The zero-order valence-corrected chi connectivity index (χ0v) is 10.2. The SMILES string of the molecule is Cc1[nH]c(=O)cc2c1[nH]c1cccc(Br)c12. The number of benzene rings is 1. The molecule has 0 unspecified atom stereocenters. The minimum Gasteiger partial charge on any atom is -0.353 e. The lowest BCUT2D eigenvalue weighted by molar-refractivity contribution is 1.16. The topological polar surface area (TPSA) is 48.6 Å². The van der Waals surface area contributed by atoms with Gasteiger partial charge in [-0.2, -0.15) is 0 Å². The number of hydrogen-bond donors (Lipinski definition) is 2. The average molecular weight is 277 g/mol. The van der Waals surface area contributed by atoms with Crippen LogP contribution in [0, 0.1) is 6.92 Å². The highest BCUT2D eigenvalue weighted by atomic mass is 79.9. The van der Waals surface area contributed by atoms with Crippen molar-refractivity contribution in [3.05, 3.63) is 44.8 Å². The molecule has 0 spiro atoms. The summed E-state index contributed by atoms with van der Waals surface area (Å²) >= 11 is 3.51. The van der Waals surface area contributed by atoms with Crippen LogP contribution in [-0.4, -0.2) is 9.97 Å². The molecule has 1 aromatic carbocycles. The Morgan fingerprint density at radius 2 is 2.06 bits per heavy atom. The summed E-state index contributed by atoms with van der Waals surface area (Å²) in [5, 5.41) is 2.02. The Hall–Kier alpha value is -1.55. The van der Waals surface area contributed by atoms with E-state index in [0.29, 0.717) is 0 Å². The van der Waals surface area contributed by atoms with Crippen LogP contribution < -0.4 is 5.56 Å². The Morgan fingerprint density at radius 3 is 2.88 bits per heavy atom. The molecule has 0 aliphatic carbocycles. The van der Waals surface area contributed by atoms with Gasteiger partial charge in [0.1, 0.15) is 0 Å². The molecule has 0 saturated heterocycles. The van der Waals surface area contributed by atoms with Crippen molar-refractivity contribution in [2.75, 3.05) is 0 Å². The zero-order valence-electron chi connectivity index (χ0n) is 8.60. The summed E-state index contributed by atoms with van der Waals surface area (Å²) in [6.07, 6.45) is 0. The van der Waals surface area contributed by atoms with Gasteiger partial charge in [0.25, 0.3) is 0 Å². The van der Waals surface area contributed by atoms with Gasteiger partial charge in [-0.3, -0.25) is 4.79 Å². The van der Waals surface area contributed by atoms with Gasteiger partial charge in [-0.25, -0.2) is 0 Å². The van der Waals surface area contributed by atoms with Gasteiger partial charge in [0, 0.05) is 32.5 Å². The van der Waals surface area contributed by atoms with Crippen molar-refractivity contribution in [1.29, 1.82) is 0 Å². The zero-order chi connectivity index (χ0) is 11.3. The number of H-pyrrole nitrogens is 2. The molecule has 4 heteroatoms. The summed E-state index contributed by atoms with van der Waals surface area (Å²) in [5.41, 5.74) is 2.82. The molecule has 0 radical (unpaired) electrons. The summed E-state index contributed by atoms with van der Waals surface area (Å²) < 4.78 is 1.00. The minimum atomic E-state index is -0.0679. The fraction of sp³-hybridized carbons (Fsp3) is 0.0833. The maximum absolute atomic E-state index is 11.5. The van der Waals surface area contributed by atoms with Crippen LogP contribution in [0.15, 0.2) is 33.5 Å². The lowest BCUT2D eigenvalue weighted by Crippen LogP contribution is -2.04. The lowest BCUT2D eigenvalue weighted by Gasteiger charge is -1.95. The number of rotatable bonds is 0. The van der Waals surface area contributed by atoms with Gasteiger partial charge in [-0.05, 0) is 19.1 Å². The molecule has 3 nitrogen and oxygen atoms in total. The highest BCUT2D eigenvalue weighted by molar-refractivity contribution is 9.10. The van der Waals surface area contributed by atoms with E-state index < -0.39 is 0 Å². The largest absolute Gasteiger partial charge is 0.353 e. The quantitative estimate of drug-likeness (QED) is 0.651. The van der Waals surface area contributed by atoms with Crippen LogP contribution in [0.5, 0.6) is 0 Å². The van der Waals surface area contributed by atoms with Crippen molar-refractivity contribution in [3.63, 3.8) is 0 Å². The number of fused-ring (bicyclic) bond motifs is 3. The summed E-state index contributed by atoms with van der Waals surface area (Å²) in [4.78, 5) is 17.6. The van der Waals surface area contributed by atoms with Crippen LogP contribution in [0.2, 0.25) is 0 Å². The first-order valence-electron chi connectivity index (χ1n) is 4.96. The van der Waals surface area contributed by atoms with Crippen LogP contribution in [0.3, 0.4) is 0 Å². The van der Waals surface area contributed by atoms with Crippen molar-refractivity contribution in [2.24, 2.45) is 0 Å². The normalized spacial score (nSPS) is 11.4. The molecule has 0 aliphatic rings. The van der Waals surface area contributed by atoms with Gasteiger partial charge >= 0.3 is 0 Å². The second-order valence-electron chi connectivity index (χ2n) is 3.83. The molecule has 16 heavy (non-hydrogen) atoms. The third-order valence-corrected chi connectivity index (χ3v) is 3.43. The maximum Gasteiger partial charge on any atom is 0.248 e. The first-order valence-corrected chi connectivity index (χ1v) is 5.76. The molecule has 0 atom stereocenters. The van der Waals surface area contributed by atoms with Gasteiger partial charge in [-0.15, -0.1) is 0 Å². The third kappa shape index (κ3) is 1.23. The predicted molar refractivity (Wildman–Crippen MR) is 68.9 cm³/mol. The van der Waals surface area contributed by atoms with Crippen LogP contribution >= 0.6 is 15.9 Å². The summed E-state index contributed by atoms with van der Waals surface area (Å²) in [7, 11) is 0. The molecule has 0 aliphatic heterocycles. The van der Waals surface area contributed by atoms with Crippen molar-refractivity contribution >= 4 is 37.7 Å². The fourth-order valence-corrected chi connectivity index (χ4v) is 2.66. The molecular formula is C12H9BrN2O. The van der Waals surface area contributed by atoms with Gasteiger partial charge < -0.3 is 9.97 Å². The molecular weight excluding hydrogens is 268 g/mol. The molecule has 80 valence electrons. The van der Waals surface area contributed by atoms with Crippen molar-refractivity contribution < 1.29 is 0 Å². The van der Waals surface area contributed by atoms with Crippen LogP contribution in [0.25, 0.3) is 21.8 Å². The monoisotopic (exact) mass is 276 g/mol. The summed E-state index contributed by atoms with van der Waals surface area (Å²) in [6, 6.07) is 7.58. The van der Waals surface area contributed by atoms with Gasteiger partial charge in [0.2, 0.25) is 5.56 Å². The van der Waals surface area contributed by atoms with Gasteiger partial charge in [0.05, 0.1) is 5.52 Å². The molecule has 0 fully saturated rings. The smallest absolute Gasteiger partial charge is 0.248 e. The van der Waals surface area contributed by atoms with E-state index in [4.69, 9.17) is 0 Å². The van der Waals surface area contributed by atoms with Crippen molar-refractivity contribution in [3.8, 4) is 0 Å². The van der Waals surface area contributed by atoms with E-state index in [2.05, 4.69) is 25.9 Å². The van der Waals surface area contributed by atoms with Crippen molar-refractivity contribution in [1.82, 2.24) is 9.97 Å². The Bertz CT molecular complexity index is 755. The predicted octanol–water partition coefficient (Wildman–Crippen LogP) is 3.08. The Labute approximate surface area is 99.6 Å². The summed E-state index contributed by atoms with van der Waals surface area (Å²) in [5.74, 6) is 0. The van der Waals surface area contributed by atoms with E-state index in [0.717, 1.165) is 32.0 Å². The highest BCUT2D eigenvalue weighted by Gasteiger charge is 2.09. The number of hydrogen-bond acceptors (Lipinski definition) is 1. The molecule has 3 aromatic rings. The van der Waals surface area contributed by atoms with E-state index in [9.17, 15) is 4.79 Å². The van der Waals surface area contributed by atoms with E-state index in [1.54, 1.807) is 6.07 Å². The first-order chi connectivity index (χ1) is 7.66. The van der Waals surface area contributed by atoms with E-state index in [1.165, 1.54) is 0 Å². The number of halogens is 1. The second kappa shape index (κ2) is 3.22. The molecule has 0 amide bonds. The Kier molecular flexibility index (Phi) is 1.94. The molecule has 2 heterocycles. The standard InChI is InChI=1S/C12H9BrN2O/c1-6-12-7(5-10(16)14-6)11-8(13)3-2-4-9(11)15-12/h2-5,15H,1H3,(H,14,16). The Morgan fingerprint density at radius 1 is 1.25 bits per heavy atom. The number of aromatic amines is 2.